The normalized spacial score (nSPS) is 26.5. The van der Waals surface area contributed by atoms with Crippen molar-refractivity contribution in [1.29, 1.82) is 0 Å². The van der Waals surface area contributed by atoms with Crippen molar-refractivity contribution in [3.05, 3.63) is 29.8 Å². The Morgan fingerprint density at radius 3 is 2.32 bits per heavy atom. The minimum atomic E-state index is -3.30. The van der Waals surface area contributed by atoms with Crippen LogP contribution in [0.4, 0.5) is 0 Å². The van der Waals surface area contributed by atoms with E-state index in [9.17, 15) is 8.42 Å². The van der Waals surface area contributed by atoms with Crippen LogP contribution in [0.15, 0.2) is 29.2 Å². The topological polar surface area (TPSA) is 40.4 Å². The molecule has 0 saturated carbocycles. The van der Waals surface area contributed by atoms with Crippen molar-refractivity contribution in [2.45, 2.75) is 30.2 Å². The summed E-state index contributed by atoms with van der Waals surface area (Å²) in [7, 11) is -3.30. The number of halogens is 1. The van der Waals surface area contributed by atoms with Crippen LogP contribution in [0, 0.1) is 6.92 Å². The number of nitrogens with zero attached hydrogens (tertiary/aromatic N) is 2. The van der Waals surface area contributed by atoms with Crippen LogP contribution in [0.3, 0.4) is 0 Å². The Kier molecular flexibility index (Phi) is 3.40. The molecule has 0 N–H and O–H groups in total. The summed E-state index contributed by atoms with van der Waals surface area (Å²) < 4.78 is 29.1. The van der Waals surface area contributed by atoms with E-state index in [1.54, 1.807) is 16.4 Å². The van der Waals surface area contributed by atoms with Crippen LogP contribution >= 0.6 is 22.9 Å². The molecule has 4 nitrogen and oxygen atoms in total. The lowest BCUT2D eigenvalue weighted by Crippen LogP contribution is -2.35. The lowest BCUT2D eigenvalue weighted by Gasteiger charge is -2.27. The van der Waals surface area contributed by atoms with Crippen molar-refractivity contribution in [3.8, 4) is 0 Å². The number of sulfonamides is 1. The molecule has 0 amide bonds. The van der Waals surface area contributed by atoms with Gasteiger partial charge >= 0.3 is 0 Å². The van der Waals surface area contributed by atoms with E-state index < -0.39 is 10.0 Å². The molecular formula is C13H17IN2O2S. The van der Waals surface area contributed by atoms with E-state index in [1.165, 1.54) is 0 Å². The third kappa shape index (κ3) is 2.43. The van der Waals surface area contributed by atoms with E-state index in [4.69, 9.17) is 0 Å². The number of rotatable bonds is 2. The lowest BCUT2D eigenvalue weighted by atomic mass is 9.99. The van der Waals surface area contributed by atoms with E-state index in [1.807, 2.05) is 19.1 Å². The van der Waals surface area contributed by atoms with Gasteiger partial charge in [0.2, 0.25) is 10.0 Å². The summed E-state index contributed by atoms with van der Waals surface area (Å²) >= 11 is 2.31. The molecule has 1 spiro atoms. The van der Waals surface area contributed by atoms with Gasteiger partial charge in [0.15, 0.2) is 0 Å². The maximum atomic E-state index is 12.6. The van der Waals surface area contributed by atoms with Crippen molar-refractivity contribution >= 4 is 32.9 Å². The molecule has 1 aromatic rings. The zero-order valence-corrected chi connectivity index (χ0v) is 13.8. The fourth-order valence-electron chi connectivity index (χ4n) is 2.71. The molecule has 1 unspecified atom stereocenters. The van der Waals surface area contributed by atoms with Gasteiger partial charge < -0.3 is 0 Å². The van der Waals surface area contributed by atoms with Gasteiger partial charge in [0.05, 0.1) is 10.4 Å². The Morgan fingerprint density at radius 1 is 1.16 bits per heavy atom. The minimum Gasteiger partial charge on any atom is -0.247 e. The summed E-state index contributed by atoms with van der Waals surface area (Å²) in [4.78, 5) is 0.423. The van der Waals surface area contributed by atoms with Crippen LogP contribution in [0.2, 0.25) is 0 Å². The molecule has 0 aliphatic carbocycles. The van der Waals surface area contributed by atoms with Gasteiger partial charge in [-0.1, -0.05) is 17.7 Å². The Balaban J connectivity index is 1.82. The number of benzene rings is 1. The van der Waals surface area contributed by atoms with Gasteiger partial charge in [-0.3, -0.25) is 0 Å². The van der Waals surface area contributed by atoms with Crippen LogP contribution < -0.4 is 0 Å². The molecule has 19 heavy (non-hydrogen) atoms. The van der Waals surface area contributed by atoms with Gasteiger partial charge in [-0.05, 0) is 31.9 Å². The van der Waals surface area contributed by atoms with Gasteiger partial charge in [-0.15, -0.1) is 0 Å². The number of hydrogen-bond acceptors (Lipinski definition) is 3. The smallest absolute Gasteiger partial charge is 0.243 e. The summed E-state index contributed by atoms with van der Waals surface area (Å²) in [6, 6.07) is 7.14. The third-order valence-electron chi connectivity index (χ3n) is 4.11. The Labute approximate surface area is 128 Å². The molecule has 2 saturated heterocycles. The van der Waals surface area contributed by atoms with Crippen molar-refractivity contribution < 1.29 is 8.42 Å². The summed E-state index contributed by atoms with van der Waals surface area (Å²) in [5, 5.41) is 0. The highest BCUT2D eigenvalue weighted by Gasteiger charge is 2.59. The van der Waals surface area contributed by atoms with E-state index in [-0.39, 0.29) is 5.54 Å². The van der Waals surface area contributed by atoms with Gasteiger partial charge in [0, 0.05) is 42.5 Å². The van der Waals surface area contributed by atoms with Gasteiger partial charge in [-0.25, -0.2) is 11.5 Å². The average molecular weight is 392 g/mol. The maximum absolute atomic E-state index is 12.6. The van der Waals surface area contributed by atoms with Gasteiger partial charge in [0.1, 0.15) is 0 Å². The first-order chi connectivity index (χ1) is 8.94. The van der Waals surface area contributed by atoms with Crippen LogP contribution in [0.5, 0.6) is 0 Å². The fraction of sp³-hybridized carbons (Fsp3) is 0.538. The maximum Gasteiger partial charge on any atom is 0.243 e. The highest BCUT2D eigenvalue weighted by molar-refractivity contribution is 14.1. The predicted molar refractivity (Wildman–Crippen MR) is 82.6 cm³/mol. The van der Waals surface area contributed by atoms with Crippen LogP contribution in [0.1, 0.15) is 18.4 Å². The lowest BCUT2D eigenvalue weighted by molar-refractivity contribution is 0.317. The first-order valence-corrected chi connectivity index (χ1v) is 8.85. The number of hydrogen-bond donors (Lipinski definition) is 0. The minimum absolute atomic E-state index is 0.0919. The standard InChI is InChI=1S/C13H17IN2O2S/c1-11-2-4-12(5-3-11)19(17,18)16-10-13(16)6-8-15(14)9-7-13/h2-5H,6-10H2,1H3. The Hall–Kier alpha value is -0.180. The molecule has 6 heteroatoms. The van der Waals surface area contributed by atoms with Crippen LogP contribution in [0.25, 0.3) is 0 Å². The first kappa shape index (κ1) is 13.8. The quantitative estimate of drug-likeness (QED) is 0.440. The molecule has 3 rings (SSSR count). The second-order valence-electron chi connectivity index (χ2n) is 5.46. The Morgan fingerprint density at radius 2 is 1.74 bits per heavy atom. The molecule has 0 radical (unpaired) electrons. The van der Waals surface area contributed by atoms with Crippen LogP contribution in [-0.4, -0.2) is 41.0 Å². The Bertz CT molecular complexity index is 577. The van der Waals surface area contributed by atoms with E-state index in [0.717, 1.165) is 31.5 Å². The predicted octanol–water partition coefficient (Wildman–Crippen LogP) is 2.18. The summed E-state index contributed by atoms with van der Waals surface area (Å²) in [6.45, 7) is 4.60. The van der Waals surface area contributed by atoms with Crippen molar-refractivity contribution in [2.75, 3.05) is 19.6 Å². The molecule has 104 valence electrons. The molecule has 2 aliphatic heterocycles. The summed E-state index contributed by atoms with van der Waals surface area (Å²) in [6.07, 6.45) is 1.89. The van der Waals surface area contributed by atoms with E-state index in [2.05, 4.69) is 26.0 Å². The fourth-order valence-corrected chi connectivity index (χ4v) is 5.03. The van der Waals surface area contributed by atoms with Crippen molar-refractivity contribution in [2.24, 2.45) is 0 Å². The molecule has 2 aliphatic rings. The third-order valence-corrected chi connectivity index (χ3v) is 7.04. The first-order valence-electron chi connectivity index (χ1n) is 6.44. The highest BCUT2D eigenvalue weighted by atomic mass is 127. The van der Waals surface area contributed by atoms with Gasteiger partial charge in [-0.2, -0.15) is 4.31 Å². The van der Waals surface area contributed by atoms with Crippen LogP contribution in [-0.2, 0) is 10.0 Å². The molecule has 2 heterocycles. The van der Waals surface area contributed by atoms with E-state index >= 15 is 0 Å². The molecule has 2 fully saturated rings. The van der Waals surface area contributed by atoms with E-state index in [0.29, 0.717) is 11.4 Å². The van der Waals surface area contributed by atoms with Crippen molar-refractivity contribution in [3.63, 3.8) is 0 Å². The second-order valence-corrected chi connectivity index (χ2v) is 8.69. The zero-order valence-electron chi connectivity index (χ0n) is 10.8. The van der Waals surface area contributed by atoms with Gasteiger partial charge in [0.25, 0.3) is 0 Å². The average Bonchev–Trinajstić information content (AvgIpc) is 3.09. The molecule has 1 aromatic carbocycles. The zero-order chi connectivity index (χ0) is 13.7. The highest BCUT2D eigenvalue weighted by Crippen LogP contribution is 2.46. The summed E-state index contributed by atoms with van der Waals surface area (Å²) in [5.74, 6) is 0. The SMILES string of the molecule is Cc1ccc(S(=O)(=O)N2CC23CCN(I)CC3)cc1. The molecular weight excluding hydrogens is 375 g/mol. The summed E-state index contributed by atoms with van der Waals surface area (Å²) in [5.41, 5.74) is 0.989. The largest absolute Gasteiger partial charge is 0.247 e. The van der Waals surface area contributed by atoms with Crippen molar-refractivity contribution in [1.82, 2.24) is 7.42 Å². The molecule has 0 bridgehead atoms. The molecule has 1 atom stereocenters. The number of piperidine rings is 1. The monoisotopic (exact) mass is 392 g/mol. The number of aryl methyl sites for hydroxylation is 1. The molecule has 0 aromatic heterocycles. The second kappa shape index (κ2) is 4.68.